The van der Waals surface area contributed by atoms with Crippen molar-refractivity contribution in [1.82, 2.24) is 15.1 Å². The van der Waals surface area contributed by atoms with Gasteiger partial charge in [-0.2, -0.15) is 5.10 Å². The van der Waals surface area contributed by atoms with E-state index in [1.54, 1.807) is 11.3 Å². The Labute approximate surface area is 115 Å². The number of aromatic nitrogens is 2. The first kappa shape index (κ1) is 12.4. The standard InChI is InChI=1S/C13H16N4OS/c14-8-9-3-1-5-17(9)13(18)11-7-10(15-16-11)12-4-2-6-19-12/h2,4,6-7,9H,1,3,5,8,14H2,(H,15,16). The van der Waals surface area contributed by atoms with E-state index in [1.165, 1.54) is 0 Å². The zero-order valence-corrected chi connectivity index (χ0v) is 11.3. The maximum absolute atomic E-state index is 12.4. The Balaban J connectivity index is 1.81. The van der Waals surface area contributed by atoms with E-state index in [9.17, 15) is 4.79 Å². The maximum Gasteiger partial charge on any atom is 0.274 e. The van der Waals surface area contributed by atoms with Gasteiger partial charge in [-0.05, 0) is 30.4 Å². The number of nitrogens with zero attached hydrogens (tertiary/aromatic N) is 2. The summed E-state index contributed by atoms with van der Waals surface area (Å²) in [5.74, 6) is -0.0213. The van der Waals surface area contributed by atoms with E-state index >= 15 is 0 Å². The minimum Gasteiger partial charge on any atom is -0.333 e. The molecule has 3 rings (SSSR count). The molecule has 2 aromatic rings. The molecule has 0 bridgehead atoms. The van der Waals surface area contributed by atoms with Crippen molar-refractivity contribution in [2.45, 2.75) is 18.9 Å². The van der Waals surface area contributed by atoms with Crippen LogP contribution in [0.5, 0.6) is 0 Å². The molecule has 1 unspecified atom stereocenters. The van der Waals surface area contributed by atoms with Crippen molar-refractivity contribution >= 4 is 17.2 Å². The minimum atomic E-state index is -0.0213. The topological polar surface area (TPSA) is 75.0 Å². The fourth-order valence-electron chi connectivity index (χ4n) is 2.48. The maximum atomic E-state index is 12.4. The molecular formula is C13H16N4OS. The smallest absolute Gasteiger partial charge is 0.274 e. The van der Waals surface area contributed by atoms with Crippen LogP contribution in [0.3, 0.4) is 0 Å². The SMILES string of the molecule is NCC1CCCN1C(=O)c1cc(-c2cccs2)[nH]n1. The Hall–Kier alpha value is -1.66. The van der Waals surface area contributed by atoms with Gasteiger partial charge in [0.15, 0.2) is 5.69 Å². The molecule has 2 aromatic heterocycles. The molecule has 1 atom stereocenters. The summed E-state index contributed by atoms with van der Waals surface area (Å²) in [5, 5.41) is 9.06. The molecule has 0 aliphatic carbocycles. The van der Waals surface area contributed by atoms with E-state index in [-0.39, 0.29) is 11.9 Å². The zero-order valence-electron chi connectivity index (χ0n) is 10.5. The van der Waals surface area contributed by atoms with Crippen LogP contribution < -0.4 is 5.73 Å². The average molecular weight is 276 g/mol. The summed E-state index contributed by atoms with van der Waals surface area (Å²) in [5.41, 5.74) is 7.07. The number of hydrogen-bond donors (Lipinski definition) is 2. The Bertz CT molecular complexity index is 563. The number of carbonyl (C=O) groups excluding carboxylic acids is 1. The molecule has 100 valence electrons. The van der Waals surface area contributed by atoms with E-state index in [4.69, 9.17) is 5.73 Å². The number of hydrogen-bond acceptors (Lipinski definition) is 4. The number of nitrogens with one attached hydrogen (secondary N) is 1. The highest BCUT2D eigenvalue weighted by Gasteiger charge is 2.29. The van der Waals surface area contributed by atoms with Gasteiger partial charge in [0.25, 0.3) is 5.91 Å². The molecule has 3 N–H and O–H groups in total. The third-order valence-electron chi connectivity index (χ3n) is 3.49. The third kappa shape index (κ3) is 2.29. The third-order valence-corrected chi connectivity index (χ3v) is 4.40. The van der Waals surface area contributed by atoms with Crippen molar-refractivity contribution in [3.8, 4) is 10.6 Å². The highest BCUT2D eigenvalue weighted by molar-refractivity contribution is 7.13. The minimum absolute atomic E-state index is 0.0213. The predicted molar refractivity (Wildman–Crippen MR) is 75.0 cm³/mol. The number of rotatable bonds is 3. The molecule has 0 spiro atoms. The van der Waals surface area contributed by atoms with Crippen LogP contribution in [-0.2, 0) is 0 Å². The predicted octanol–water partition coefficient (Wildman–Crippen LogP) is 1.70. The van der Waals surface area contributed by atoms with Crippen LogP contribution in [0.1, 0.15) is 23.3 Å². The van der Waals surface area contributed by atoms with Crippen molar-refractivity contribution in [1.29, 1.82) is 0 Å². The van der Waals surface area contributed by atoms with Gasteiger partial charge in [0.05, 0.1) is 10.6 Å². The van der Waals surface area contributed by atoms with E-state index in [0.29, 0.717) is 12.2 Å². The normalized spacial score (nSPS) is 19.0. The largest absolute Gasteiger partial charge is 0.333 e. The van der Waals surface area contributed by atoms with Crippen molar-refractivity contribution < 1.29 is 4.79 Å². The van der Waals surface area contributed by atoms with E-state index < -0.39 is 0 Å². The van der Waals surface area contributed by atoms with Crippen LogP contribution in [0.4, 0.5) is 0 Å². The molecule has 1 saturated heterocycles. The van der Waals surface area contributed by atoms with Crippen LogP contribution >= 0.6 is 11.3 Å². The second kappa shape index (κ2) is 5.14. The summed E-state index contributed by atoms with van der Waals surface area (Å²) in [4.78, 5) is 15.3. The summed E-state index contributed by atoms with van der Waals surface area (Å²) in [6, 6.07) is 5.97. The Morgan fingerprint density at radius 3 is 3.26 bits per heavy atom. The Morgan fingerprint density at radius 2 is 2.53 bits per heavy atom. The number of aromatic amines is 1. The number of amides is 1. The quantitative estimate of drug-likeness (QED) is 0.896. The van der Waals surface area contributed by atoms with Gasteiger partial charge in [0, 0.05) is 19.1 Å². The lowest BCUT2D eigenvalue weighted by molar-refractivity contribution is 0.0735. The molecular weight excluding hydrogens is 260 g/mol. The van der Waals surface area contributed by atoms with Gasteiger partial charge in [-0.25, -0.2) is 0 Å². The first-order valence-corrected chi connectivity index (χ1v) is 7.28. The van der Waals surface area contributed by atoms with E-state index in [0.717, 1.165) is 30.0 Å². The summed E-state index contributed by atoms with van der Waals surface area (Å²) in [6.45, 7) is 1.30. The van der Waals surface area contributed by atoms with Crippen LogP contribution in [0.15, 0.2) is 23.6 Å². The number of carbonyl (C=O) groups is 1. The van der Waals surface area contributed by atoms with Gasteiger partial charge in [0.2, 0.25) is 0 Å². The van der Waals surface area contributed by atoms with Crippen molar-refractivity contribution in [3.63, 3.8) is 0 Å². The molecule has 1 aliphatic heterocycles. The van der Waals surface area contributed by atoms with Gasteiger partial charge < -0.3 is 10.6 Å². The molecule has 6 heteroatoms. The highest BCUT2D eigenvalue weighted by Crippen LogP contribution is 2.24. The lowest BCUT2D eigenvalue weighted by Crippen LogP contribution is -2.40. The number of likely N-dealkylation sites (tertiary alicyclic amines) is 1. The van der Waals surface area contributed by atoms with Crippen LogP contribution in [0, 0.1) is 0 Å². The van der Waals surface area contributed by atoms with Gasteiger partial charge >= 0.3 is 0 Å². The monoisotopic (exact) mass is 276 g/mol. The molecule has 0 saturated carbocycles. The zero-order chi connectivity index (χ0) is 13.2. The van der Waals surface area contributed by atoms with Gasteiger partial charge in [-0.15, -0.1) is 11.3 Å². The highest BCUT2D eigenvalue weighted by atomic mass is 32.1. The molecule has 3 heterocycles. The van der Waals surface area contributed by atoms with Crippen molar-refractivity contribution in [3.05, 3.63) is 29.3 Å². The Morgan fingerprint density at radius 1 is 1.63 bits per heavy atom. The van der Waals surface area contributed by atoms with Crippen LogP contribution in [-0.4, -0.2) is 40.1 Å². The molecule has 1 fully saturated rings. The van der Waals surface area contributed by atoms with Gasteiger partial charge in [-0.1, -0.05) is 6.07 Å². The summed E-state index contributed by atoms with van der Waals surface area (Å²) in [7, 11) is 0. The number of H-pyrrole nitrogens is 1. The summed E-state index contributed by atoms with van der Waals surface area (Å²) in [6.07, 6.45) is 2.01. The molecule has 1 aliphatic rings. The van der Waals surface area contributed by atoms with Gasteiger partial charge in [-0.3, -0.25) is 9.89 Å². The molecule has 0 aromatic carbocycles. The molecule has 1 amide bonds. The second-order valence-corrected chi connectivity index (χ2v) is 5.62. The average Bonchev–Trinajstić information content (AvgIpc) is 3.16. The second-order valence-electron chi connectivity index (χ2n) is 4.67. The van der Waals surface area contributed by atoms with E-state index in [1.807, 2.05) is 28.5 Å². The lowest BCUT2D eigenvalue weighted by atomic mass is 10.2. The summed E-state index contributed by atoms with van der Waals surface area (Å²) < 4.78 is 0. The lowest BCUT2D eigenvalue weighted by Gasteiger charge is -2.22. The van der Waals surface area contributed by atoms with Crippen molar-refractivity contribution in [2.75, 3.05) is 13.1 Å². The molecule has 0 radical (unpaired) electrons. The first-order chi connectivity index (χ1) is 9.29. The Kier molecular flexibility index (Phi) is 3.35. The number of nitrogens with two attached hydrogens (primary N) is 1. The first-order valence-electron chi connectivity index (χ1n) is 6.40. The van der Waals surface area contributed by atoms with Crippen LogP contribution in [0.2, 0.25) is 0 Å². The molecule has 19 heavy (non-hydrogen) atoms. The summed E-state index contributed by atoms with van der Waals surface area (Å²) >= 11 is 1.62. The fourth-order valence-corrected chi connectivity index (χ4v) is 3.18. The molecule has 5 nitrogen and oxygen atoms in total. The van der Waals surface area contributed by atoms with Crippen LogP contribution in [0.25, 0.3) is 10.6 Å². The number of thiophene rings is 1. The van der Waals surface area contributed by atoms with Crippen molar-refractivity contribution in [2.24, 2.45) is 5.73 Å². The van der Waals surface area contributed by atoms with E-state index in [2.05, 4.69) is 10.2 Å². The van der Waals surface area contributed by atoms with Gasteiger partial charge in [0.1, 0.15) is 0 Å². The fraction of sp³-hybridized carbons (Fsp3) is 0.385.